The molecule has 2 N–H and O–H groups in total. The molecule has 1 aromatic carbocycles. The molecule has 3 nitrogen and oxygen atoms in total. The Morgan fingerprint density at radius 2 is 2.11 bits per heavy atom. The van der Waals surface area contributed by atoms with Crippen LogP contribution in [0, 0.1) is 0 Å². The zero-order valence-corrected chi connectivity index (χ0v) is 10.0. The third-order valence-corrected chi connectivity index (χ3v) is 3.30. The zero-order valence-electron chi connectivity index (χ0n) is 10.0. The number of rotatable bonds is 2. The topological polar surface area (TPSA) is 51.3 Å². The summed E-state index contributed by atoms with van der Waals surface area (Å²) < 4.78 is 0. The van der Waals surface area contributed by atoms with Gasteiger partial charge in [0.1, 0.15) is 0 Å². The van der Waals surface area contributed by atoms with Crippen molar-refractivity contribution in [1.29, 1.82) is 0 Å². The molecule has 3 heteroatoms. The maximum atomic E-state index is 6.16. The van der Waals surface area contributed by atoms with Crippen molar-refractivity contribution in [3.63, 3.8) is 0 Å². The van der Waals surface area contributed by atoms with Crippen LogP contribution in [0.5, 0.6) is 0 Å². The Balaban J connectivity index is 1.87. The summed E-state index contributed by atoms with van der Waals surface area (Å²) >= 11 is 0. The van der Waals surface area contributed by atoms with Gasteiger partial charge in [-0.05, 0) is 23.6 Å². The molecule has 0 fully saturated rings. The van der Waals surface area contributed by atoms with Gasteiger partial charge in [0.25, 0.3) is 0 Å². The lowest BCUT2D eigenvalue weighted by Gasteiger charge is -2.11. The third-order valence-electron chi connectivity index (χ3n) is 3.30. The van der Waals surface area contributed by atoms with E-state index in [1.807, 2.05) is 24.4 Å². The van der Waals surface area contributed by atoms with Gasteiger partial charge in [0, 0.05) is 30.2 Å². The zero-order chi connectivity index (χ0) is 12.4. The SMILES string of the molecule is NC1Cc2ccccc2C1N=Cc1cccnc1. The number of nitrogens with two attached hydrogens (primary N) is 1. The van der Waals surface area contributed by atoms with Gasteiger partial charge in [0.2, 0.25) is 0 Å². The summed E-state index contributed by atoms with van der Waals surface area (Å²) in [6, 6.07) is 12.4. The lowest BCUT2D eigenvalue weighted by molar-refractivity contribution is 0.597. The molecule has 2 aromatic rings. The van der Waals surface area contributed by atoms with Crippen LogP contribution in [-0.4, -0.2) is 17.2 Å². The van der Waals surface area contributed by atoms with Gasteiger partial charge in [-0.3, -0.25) is 9.98 Å². The Bertz CT molecular complexity index is 563. The van der Waals surface area contributed by atoms with Crippen LogP contribution in [0.1, 0.15) is 22.7 Å². The second kappa shape index (κ2) is 4.70. The van der Waals surface area contributed by atoms with Crippen molar-refractivity contribution in [2.45, 2.75) is 18.5 Å². The van der Waals surface area contributed by atoms with Gasteiger partial charge >= 0.3 is 0 Å². The first-order chi connectivity index (χ1) is 8.84. The van der Waals surface area contributed by atoms with E-state index >= 15 is 0 Å². The standard InChI is InChI=1S/C15H15N3/c16-14-8-12-5-1-2-6-13(12)15(14)18-10-11-4-3-7-17-9-11/h1-7,9-10,14-15H,8,16H2. The quantitative estimate of drug-likeness (QED) is 0.813. The highest BCUT2D eigenvalue weighted by atomic mass is 14.9. The molecule has 0 saturated carbocycles. The number of aliphatic imine (C=N–C) groups is 1. The number of aromatic nitrogens is 1. The number of fused-ring (bicyclic) bond motifs is 1. The smallest absolute Gasteiger partial charge is 0.0905 e. The van der Waals surface area contributed by atoms with Gasteiger partial charge in [0.15, 0.2) is 0 Å². The van der Waals surface area contributed by atoms with Gasteiger partial charge in [-0.15, -0.1) is 0 Å². The van der Waals surface area contributed by atoms with Crippen LogP contribution in [0.4, 0.5) is 0 Å². The van der Waals surface area contributed by atoms with E-state index in [1.54, 1.807) is 12.4 Å². The monoisotopic (exact) mass is 237 g/mol. The fourth-order valence-electron chi connectivity index (χ4n) is 2.41. The van der Waals surface area contributed by atoms with Crippen molar-refractivity contribution < 1.29 is 0 Å². The Morgan fingerprint density at radius 1 is 1.22 bits per heavy atom. The van der Waals surface area contributed by atoms with Crippen LogP contribution < -0.4 is 5.73 Å². The van der Waals surface area contributed by atoms with Crippen LogP contribution in [-0.2, 0) is 6.42 Å². The minimum Gasteiger partial charge on any atom is -0.325 e. The molecule has 1 heterocycles. The van der Waals surface area contributed by atoms with Crippen molar-refractivity contribution in [2.24, 2.45) is 10.7 Å². The van der Waals surface area contributed by atoms with E-state index in [-0.39, 0.29) is 12.1 Å². The first-order valence-corrected chi connectivity index (χ1v) is 6.11. The van der Waals surface area contributed by atoms with E-state index in [9.17, 15) is 0 Å². The Hall–Kier alpha value is -2.00. The number of benzene rings is 1. The summed E-state index contributed by atoms with van der Waals surface area (Å²) in [6.45, 7) is 0. The molecule has 2 unspecified atom stereocenters. The second-order valence-electron chi connectivity index (χ2n) is 4.58. The molecule has 0 saturated heterocycles. The van der Waals surface area contributed by atoms with E-state index in [0.717, 1.165) is 12.0 Å². The molecule has 1 aromatic heterocycles. The molecule has 0 aliphatic heterocycles. The van der Waals surface area contributed by atoms with Crippen LogP contribution in [0.2, 0.25) is 0 Å². The highest BCUT2D eigenvalue weighted by molar-refractivity contribution is 5.79. The average molecular weight is 237 g/mol. The van der Waals surface area contributed by atoms with Gasteiger partial charge in [-0.25, -0.2) is 0 Å². The first-order valence-electron chi connectivity index (χ1n) is 6.11. The summed E-state index contributed by atoms with van der Waals surface area (Å²) in [7, 11) is 0. The first kappa shape index (κ1) is 11.1. The summed E-state index contributed by atoms with van der Waals surface area (Å²) in [5.74, 6) is 0. The number of nitrogens with zero attached hydrogens (tertiary/aromatic N) is 2. The minimum absolute atomic E-state index is 0.0707. The van der Waals surface area contributed by atoms with Gasteiger partial charge in [-0.2, -0.15) is 0 Å². The highest BCUT2D eigenvalue weighted by Crippen LogP contribution is 2.32. The molecule has 0 radical (unpaired) electrons. The molecule has 2 atom stereocenters. The van der Waals surface area contributed by atoms with Crippen molar-refractivity contribution >= 4 is 6.21 Å². The summed E-state index contributed by atoms with van der Waals surface area (Å²) in [6.07, 6.45) is 6.33. The van der Waals surface area contributed by atoms with Crippen molar-refractivity contribution in [3.8, 4) is 0 Å². The van der Waals surface area contributed by atoms with E-state index in [2.05, 4.69) is 28.2 Å². The molecule has 1 aliphatic rings. The normalized spacial score (nSPS) is 22.3. The van der Waals surface area contributed by atoms with Gasteiger partial charge in [0.05, 0.1) is 6.04 Å². The van der Waals surface area contributed by atoms with E-state index in [1.165, 1.54) is 11.1 Å². The number of pyridine rings is 1. The van der Waals surface area contributed by atoms with Crippen molar-refractivity contribution in [2.75, 3.05) is 0 Å². The van der Waals surface area contributed by atoms with Gasteiger partial charge < -0.3 is 5.73 Å². The lowest BCUT2D eigenvalue weighted by Crippen LogP contribution is -2.23. The largest absolute Gasteiger partial charge is 0.325 e. The van der Waals surface area contributed by atoms with Gasteiger partial charge in [-0.1, -0.05) is 30.3 Å². The van der Waals surface area contributed by atoms with Crippen LogP contribution >= 0.6 is 0 Å². The average Bonchev–Trinajstić information content (AvgIpc) is 2.73. The van der Waals surface area contributed by atoms with Crippen molar-refractivity contribution in [1.82, 2.24) is 4.98 Å². The second-order valence-corrected chi connectivity index (χ2v) is 4.58. The number of hydrogen-bond donors (Lipinski definition) is 1. The van der Waals surface area contributed by atoms with Crippen LogP contribution in [0.15, 0.2) is 53.8 Å². The summed E-state index contributed by atoms with van der Waals surface area (Å²) in [5, 5.41) is 0. The van der Waals surface area contributed by atoms with Crippen LogP contribution in [0.25, 0.3) is 0 Å². The molecule has 3 rings (SSSR count). The molecule has 0 bridgehead atoms. The Labute approximate surface area is 106 Å². The van der Waals surface area contributed by atoms with E-state index in [0.29, 0.717) is 0 Å². The summed E-state index contributed by atoms with van der Waals surface area (Å²) in [4.78, 5) is 8.70. The van der Waals surface area contributed by atoms with Crippen molar-refractivity contribution in [3.05, 3.63) is 65.5 Å². The molecular formula is C15H15N3. The predicted octanol–water partition coefficient (Wildman–Crippen LogP) is 2.13. The van der Waals surface area contributed by atoms with E-state index in [4.69, 9.17) is 5.73 Å². The maximum Gasteiger partial charge on any atom is 0.0905 e. The van der Waals surface area contributed by atoms with E-state index < -0.39 is 0 Å². The third kappa shape index (κ3) is 2.05. The molecule has 0 amide bonds. The number of hydrogen-bond acceptors (Lipinski definition) is 3. The minimum atomic E-state index is 0.0707. The fraction of sp³-hybridized carbons (Fsp3) is 0.200. The highest BCUT2D eigenvalue weighted by Gasteiger charge is 2.28. The molecule has 1 aliphatic carbocycles. The lowest BCUT2D eigenvalue weighted by atomic mass is 10.1. The molecule has 90 valence electrons. The molecule has 18 heavy (non-hydrogen) atoms. The molecule has 0 spiro atoms. The Morgan fingerprint density at radius 3 is 2.94 bits per heavy atom. The predicted molar refractivity (Wildman–Crippen MR) is 72.7 cm³/mol. The summed E-state index contributed by atoms with van der Waals surface area (Å²) in [5.41, 5.74) is 9.75. The Kier molecular flexibility index (Phi) is 2.90. The molecular weight excluding hydrogens is 222 g/mol. The fourth-order valence-corrected chi connectivity index (χ4v) is 2.41. The maximum absolute atomic E-state index is 6.16. The van der Waals surface area contributed by atoms with Crippen LogP contribution in [0.3, 0.4) is 0 Å².